The number of aliphatic carboxylic acids is 1. The highest BCUT2D eigenvalue weighted by Crippen LogP contribution is 1.99. The van der Waals surface area contributed by atoms with Gasteiger partial charge < -0.3 is 19.8 Å². The van der Waals surface area contributed by atoms with Crippen LogP contribution in [-0.2, 0) is 14.3 Å². The number of aliphatic hydroxyl groups is 1. The standard InChI is InChI=1S/C10H19NO3.C4H6O2/c1-4-10(13)14-8-9(12)6-5-7-11(2)3;1-3(2)4(5)6/h4,9,12H,1,5-8H2,2-3H3;1H2,2H3,(H,5,6). The highest BCUT2D eigenvalue weighted by molar-refractivity contribution is 5.84. The number of carboxylic acids is 1. The zero-order valence-corrected chi connectivity index (χ0v) is 12.5. The molecule has 2 N–H and O–H groups in total. The number of hydrogen-bond acceptors (Lipinski definition) is 5. The largest absolute Gasteiger partial charge is 0.478 e. The first-order valence-corrected chi connectivity index (χ1v) is 6.21. The minimum absolute atomic E-state index is 0.0539. The van der Waals surface area contributed by atoms with E-state index in [9.17, 15) is 14.7 Å². The zero-order chi connectivity index (χ0) is 16.1. The molecule has 0 rings (SSSR count). The summed E-state index contributed by atoms with van der Waals surface area (Å²) in [6, 6.07) is 0. The van der Waals surface area contributed by atoms with Crippen LogP contribution in [0.5, 0.6) is 0 Å². The maximum Gasteiger partial charge on any atom is 0.330 e. The molecule has 0 bridgehead atoms. The van der Waals surface area contributed by atoms with Crippen LogP contribution in [-0.4, -0.2) is 60.4 Å². The summed E-state index contributed by atoms with van der Waals surface area (Å²) in [5.41, 5.74) is 0.176. The molecule has 0 saturated heterocycles. The molecule has 0 aliphatic rings. The van der Waals surface area contributed by atoms with Gasteiger partial charge in [0.25, 0.3) is 0 Å². The number of carbonyl (C=O) groups excluding carboxylic acids is 1. The molecule has 0 aliphatic carbocycles. The van der Waals surface area contributed by atoms with Crippen molar-refractivity contribution < 1.29 is 24.5 Å². The summed E-state index contributed by atoms with van der Waals surface area (Å²) in [7, 11) is 3.95. The molecule has 20 heavy (non-hydrogen) atoms. The van der Waals surface area contributed by atoms with Gasteiger partial charge in [0, 0.05) is 11.6 Å². The summed E-state index contributed by atoms with van der Waals surface area (Å²) in [5.74, 6) is -1.42. The van der Waals surface area contributed by atoms with Crippen LogP contribution >= 0.6 is 0 Å². The number of esters is 1. The Balaban J connectivity index is 0. The van der Waals surface area contributed by atoms with Gasteiger partial charge in [-0.15, -0.1) is 0 Å². The molecule has 0 aromatic rings. The van der Waals surface area contributed by atoms with Crippen LogP contribution in [0.15, 0.2) is 24.8 Å². The second-order valence-electron chi connectivity index (χ2n) is 4.52. The maximum absolute atomic E-state index is 10.6. The molecule has 0 aromatic heterocycles. The molecule has 116 valence electrons. The van der Waals surface area contributed by atoms with E-state index in [2.05, 4.69) is 17.9 Å². The van der Waals surface area contributed by atoms with E-state index in [1.807, 2.05) is 19.0 Å². The molecule has 0 amide bonds. The van der Waals surface area contributed by atoms with Gasteiger partial charge in [-0.3, -0.25) is 0 Å². The lowest BCUT2D eigenvalue weighted by Crippen LogP contribution is -2.20. The highest BCUT2D eigenvalue weighted by atomic mass is 16.5. The normalized spacial score (nSPS) is 11.1. The SMILES string of the molecule is C=C(C)C(=O)O.C=CC(=O)OCC(O)CCCN(C)C. The fraction of sp³-hybridized carbons (Fsp3) is 0.571. The molecule has 0 radical (unpaired) electrons. The van der Waals surface area contributed by atoms with Gasteiger partial charge in [-0.05, 0) is 40.4 Å². The second-order valence-corrected chi connectivity index (χ2v) is 4.52. The minimum atomic E-state index is -0.935. The minimum Gasteiger partial charge on any atom is -0.478 e. The van der Waals surface area contributed by atoms with Gasteiger partial charge in [0.15, 0.2) is 0 Å². The topological polar surface area (TPSA) is 87.1 Å². The number of nitrogens with zero attached hydrogens (tertiary/aromatic N) is 1. The Morgan fingerprint density at radius 3 is 2.25 bits per heavy atom. The Labute approximate surface area is 120 Å². The molecule has 0 spiro atoms. The van der Waals surface area contributed by atoms with E-state index in [4.69, 9.17) is 5.11 Å². The Morgan fingerprint density at radius 1 is 1.40 bits per heavy atom. The summed E-state index contributed by atoms with van der Waals surface area (Å²) in [6.07, 6.45) is 2.05. The van der Waals surface area contributed by atoms with E-state index in [-0.39, 0.29) is 12.2 Å². The van der Waals surface area contributed by atoms with E-state index in [0.29, 0.717) is 6.42 Å². The number of ether oxygens (including phenoxy) is 1. The lowest BCUT2D eigenvalue weighted by atomic mass is 10.2. The van der Waals surface area contributed by atoms with Crippen molar-refractivity contribution >= 4 is 11.9 Å². The van der Waals surface area contributed by atoms with Gasteiger partial charge in [-0.2, -0.15) is 0 Å². The van der Waals surface area contributed by atoms with Gasteiger partial charge >= 0.3 is 11.9 Å². The monoisotopic (exact) mass is 287 g/mol. The summed E-state index contributed by atoms with van der Waals surface area (Å²) in [6.45, 7) is 8.84. The fourth-order valence-corrected chi connectivity index (χ4v) is 0.964. The predicted octanol–water partition coefficient (Wildman–Crippen LogP) is 1.07. The predicted molar refractivity (Wildman–Crippen MR) is 77.4 cm³/mol. The Bertz CT molecular complexity index is 314. The molecular formula is C14H25NO5. The number of carboxylic acid groups (broad SMARTS) is 1. The van der Waals surface area contributed by atoms with Crippen molar-refractivity contribution in [1.29, 1.82) is 0 Å². The number of rotatable bonds is 8. The molecule has 0 fully saturated rings. The van der Waals surface area contributed by atoms with Crippen molar-refractivity contribution in [1.82, 2.24) is 4.90 Å². The van der Waals surface area contributed by atoms with Crippen LogP contribution < -0.4 is 0 Å². The number of hydrogen-bond donors (Lipinski definition) is 2. The Kier molecular flexibility index (Phi) is 12.8. The van der Waals surface area contributed by atoms with Crippen molar-refractivity contribution in [3.63, 3.8) is 0 Å². The van der Waals surface area contributed by atoms with Crippen LogP contribution in [0, 0.1) is 0 Å². The van der Waals surface area contributed by atoms with Crippen LogP contribution in [0.25, 0.3) is 0 Å². The Hall–Kier alpha value is -1.66. The van der Waals surface area contributed by atoms with Gasteiger partial charge in [0.2, 0.25) is 0 Å². The van der Waals surface area contributed by atoms with Crippen molar-refractivity contribution in [2.24, 2.45) is 0 Å². The summed E-state index contributed by atoms with van der Waals surface area (Å²) < 4.78 is 4.69. The van der Waals surface area contributed by atoms with Crippen LogP contribution in [0.4, 0.5) is 0 Å². The average Bonchev–Trinajstić information content (AvgIpc) is 2.36. The molecule has 6 nitrogen and oxygen atoms in total. The van der Waals surface area contributed by atoms with Crippen molar-refractivity contribution in [2.45, 2.75) is 25.9 Å². The fourth-order valence-electron chi connectivity index (χ4n) is 0.964. The highest BCUT2D eigenvalue weighted by Gasteiger charge is 2.06. The van der Waals surface area contributed by atoms with E-state index < -0.39 is 18.0 Å². The van der Waals surface area contributed by atoms with Gasteiger partial charge in [-0.1, -0.05) is 13.2 Å². The number of carbonyl (C=O) groups is 2. The summed E-state index contributed by atoms with van der Waals surface area (Å²) in [5, 5.41) is 17.3. The van der Waals surface area contributed by atoms with Crippen LogP contribution in [0.3, 0.4) is 0 Å². The van der Waals surface area contributed by atoms with Crippen LogP contribution in [0.2, 0.25) is 0 Å². The molecule has 6 heteroatoms. The van der Waals surface area contributed by atoms with Gasteiger partial charge in [0.1, 0.15) is 6.61 Å². The van der Waals surface area contributed by atoms with E-state index >= 15 is 0 Å². The van der Waals surface area contributed by atoms with Crippen LogP contribution in [0.1, 0.15) is 19.8 Å². The van der Waals surface area contributed by atoms with E-state index in [1.54, 1.807) is 0 Å². The molecule has 1 atom stereocenters. The Morgan fingerprint density at radius 2 is 1.90 bits per heavy atom. The molecule has 0 saturated carbocycles. The average molecular weight is 287 g/mol. The summed E-state index contributed by atoms with van der Waals surface area (Å²) >= 11 is 0. The first-order chi connectivity index (χ1) is 9.20. The maximum atomic E-state index is 10.6. The first kappa shape index (κ1) is 20.7. The lowest BCUT2D eigenvalue weighted by Gasteiger charge is -2.12. The van der Waals surface area contributed by atoms with Crippen molar-refractivity contribution in [3.8, 4) is 0 Å². The summed E-state index contributed by atoms with van der Waals surface area (Å²) in [4.78, 5) is 22.3. The zero-order valence-electron chi connectivity index (χ0n) is 12.5. The van der Waals surface area contributed by atoms with Crippen molar-refractivity contribution in [3.05, 3.63) is 24.8 Å². The third kappa shape index (κ3) is 16.3. The quantitative estimate of drug-likeness (QED) is 0.513. The smallest absolute Gasteiger partial charge is 0.330 e. The number of aliphatic hydroxyl groups excluding tert-OH is 1. The molecule has 0 heterocycles. The lowest BCUT2D eigenvalue weighted by molar-refractivity contribution is -0.140. The van der Waals surface area contributed by atoms with Gasteiger partial charge in [0.05, 0.1) is 6.10 Å². The van der Waals surface area contributed by atoms with E-state index in [0.717, 1.165) is 19.0 Å². The van der Waals surface area contributed by atoms with Crippen molar-refractivity contribution in [2.75, 3.05) is 27.2 Å². The second kappa shape index (κ2) is 12.4. The third-order valence-corrected chi connectivity index (χ3v) is 2.09. The molecular weight excluding hydrogens is 262 g/mol. The first-order valence-electron chi connectivity index (χ1n) is 6.21. The third-order valence-electron chi connectivity index (χ3n) is 2.09. The molecule has 1 unspecified atom stereocenters. The molecule has 0 aromatic carbocycles. The molecule has 0 aliphatic heterocycles. The van der Waals surface area contributed by atoms with E-state index in [1.165, 1.54) is 6.92 Å². The van der Waals surface area contributed by atoms with Gasteiger partial charge in [-0.25, -0.2) is 9.59 Å².